The Kier molecular flexibility index (Phi) is 7.14. The minimum Gasteiger partial charge on any atom is -0.380 e. The Balaban J connectivity index is 3.53. The maximum absolute atomic E-state index is 5.69. The van der Waals surface area contributed by atoms with Gasteiger partial charge >= 0.3 is 0 Å². The third kappa shape index (κ3) is 8.85. The SMILES string of the molecule is CC(C)COCCN(C)CC(C)(C)CN. The van der Waals surface area contributed by atoms with Crippen LogP contribution in [-0.2, 0) is 4.74 Å². The van der Waals surface area contributed by atoms with Crippen molar-refractivity contribution in [2.24, 2.45) is 17.1 Å². The van der Waals surface area contributed by atoms with Gasteiger partial charge in [0.15, 0.2) is 0 Å². The Morgan fingerprint density at radius 1 is 1.33 bits per heavy atom. The van der Waals surface area contributed by atoms with Crippen LogP contribution in [0.1, 0.15) is 27.7 Å². The fourth-order valence-electron chi connectivity index (χ4n) is 1.41. The van der Waals surface area contributed by atoms with Gasteiger partial charge in [-0.05, 0) is 24.9 Å². The second-order valence-electron chi connectivity index (χ2n) is 5.57. The van der Waals surface area contributed by atoms with Crippen molar-refractivity contribution >= 4 is 0 Å². The number of ether oxygens (including phenoxy) is 1. The topological polar surface area (TPSA) is 38.5 Å². The molecule has 3 nitrogen and oxygen atoms in total. The zero-order chi connectivity index (χ0) is 11.9. The van der Waals surface area contributed by atoms with E-state index in [0.29, 0.717) is 5.92 Å². The molecule has 0 radical (unpaired) electrons. The van der Waals surface area contributed by atoms with Crippen molar-refractivity contribution in [3.8, 4) is 0 Å². The lowest BCUT2D eigenvalue weighted by molar-refractivity contribution is 0.0828. The molecule has 0 aliphatic rings. The highest BCUT2D eigenvalue weighted by atomic mass is 16.5. The van der Waals surface area contributed by atoms with Crippen LogP contribution in [0.4, 0.5) is 0 Å². The standard InChI is InChI=1S/C12H28N2O/c1-11(2)8-15-7-6-14(5)10-12(3,4)9-13/h11H,6-10,13H2,1-5H3. The summed E-state index contributed by atoms with van der Waals surface area (Å²) in [6.45, 7) is 13.1. The third-order valence-corrected chi connectivity index (χ3v) is 2.32. The van der Waals surface area contributed by atoms with Gasteiger partial charge in [0, 0.05) is 19.7 Å². The van der Waals surface area contributed by atoms with E-state index in [9.17, 15) is 0 Å². The van der Waals surface area contributed by atoms with Crippen LogP contribution in [0.3, 0.4) is 0 Å². The highest BCUT2D eigenvalue weighted by Gasteiger charge is 2.17. The van der Waals surface area contributed by atoms with Crippen molar-refractivity contribution in [1.82, 2.24) is 4.90 Å². The predicted molar refractivity (Wildman–Crippen MR) is 66.0 cm³/mol. The van der Waals surface area contributed by atoms with Gasteiger partial charge in [-0.1, -0.05) is 27.7 Å². The van der Waals surface area contributed by atoms with Crippen molar-refractivity contribution in [1.29, 1.82) is 0 Å². The molecule has 0 saturated carbocycles. The highest BCUT2D eigenvalue weighted by Crippen LogP contribution is 2.13. The molecule has 0 spiro atoms. The summed E-state index contributed by atoms with van der Waals surface area (Å²) in [5.74, 6) is 0.621. The second-order valence-corrected chi connectivity index (χ2v) is 5.57. The van der Waals surface area contributed by atoms with Crippen molar-refractivity contribution in [2.45, 2.75) is 27.7 Å². The molecule has 0 aliphatic carbocycles. The summed E-state index contributed by atoms with van der Waals surface area (Å²) in [5.41, 5.74) is 5.89. The third-order valence-electron chi connectivity index (χ3n) is 2.32. The molecule has 0 atom stereocenters. The Labute approximate surface area is 95.0 Å². The number of likely N-dealkylation sites (N-methyl/N-ethyl adjacent to an activating group) is 1. The average Bonchev–Trinajstić information content (AvgIpc) is 2.11. The first kappa shape index (κ1) is 14.9. The van der Waals surface area contributed by atoms with Gasteiger partial charge < -0.3 is 15.4 Å². The van der Waals surface area contributed by atoms with Gasteiger partial charge in [-0.25, -0.2) is 0 Å². The zero-order valence-electron chi connectivity index (χ0n) is 11.0. The van der Waals surface area contributed by atoms with Crippen LogP contribution in [0, 0.1) is 11.3 Å². The molecule has 15 heavy (non-hydrogen) atoms. The number of hydrogen-bond acceptors (Lipinski definition) is 3. The Morgan fingerprint density at radius 3 is 2.40 bits per heavy atom. The van der Waals surface area contributed by atoms with E-state index in [2.05, 4.69) is 39.6 Å². The molecule has 0 amide bonds. The monoisotopic (exact) mass is 216 g/mol. The van der Waals surface area contributed by atoms with Crippen LogP contribution in [0.15, 0.2) is 0 Å². The predicted octanol–water partition coefficient (Wildman–Crippen LogP) is 1.58. The first-order valence-electron chi connectivity index (χ1n) is 5.84. The summed E-state index contributed by atoms with van der Waals surface area (Å²) in [4.78, 5) is 2.28. The van der Waals surface area contributed by atoms with Crippen molar-refractivity contribution < 1.29 is 4.74 Å². The number of hydrogen-bond donors (Lipinski definition) is 1. The molecule has 0 unspecified atom stereocenters. The molecule has 0 aliphatic heterocycles. The molecular weight excluding hydrogens is 188 g/mol. The van der Waals surface area contributed by atoms with Crippen LogP contribution in [0.5, 0.6) is 0 Å². The van der Waals surface area contributed by atoms with Gasteiger partial charge in [0.2, 0.25) is 0 Å². The summed E-state index contributed by atoms with van der Waals surface area (Å²) in [7, 11) is 2.12. The van der Waals surface area contributed by atoms with E-state index in [0.717, 1.165) is 32.8 Å². The molecule has 0 saturated heterocycles. The van der Waals surface area contributed by atoms with E-state index in [4.69, 9.17) is 10.5 Å². The summed E-state index contributed by atoms with van der Waals surface area (Å²) >= 11 is 0. The largest absolute Gasteiger partial charge is 0.380 e. The minimum atomic E-state index is 0.201. The zero-order valence-corrected chi connectivity index (χ0v) is 11.0. The van der Waals surface area contributed by atoms with E-state index in [-0.39, 0.29) is 5.41 Å². The molecule has 3 heteroatoms. The fraction of sp³-hybridized carbons (Fsp3) is 1.00. The smallest absolute Gasteiger partial charge is 0.0593 e. The number of nitrogens with two attached hydrogens (primary N) is 1. The first-order chi connectivity index (χ1) is 6.87. The summed E-state index contributed by atoms with van der Waals surface area (Å²) in [6, 6.07) is 0. The molecule has 0 fully saturated rings. The van der Waals surface area contributed by atoms with Crippen molar-refractivity contribution in [3.63, 3.8) is 0 Å². The average molecular weight is 216 g/mol. The molecule has 0 bridgehead atoms. The fourth-order valence-corrected chi connectivity index (χ4v) is 1.41. The van der Waals surface area contributed by atoms with Gasteiger partial charge in [-0.3, -0.25) is 0 Å². The van der Waals surface area contributed by atoms with Crippen molar-refractivity contribution in [3.05, 3.63) is 0 Å². The lowest BCUT2D eigenvalue weighted by atomic mass is 9.93. The summed E-state index contributed by atoms with van der Waals surface area (Å²) in [5, 5.41) is 0. The molecule has 92 valence electrons. The van der Waals surface area contributed by atoms with Crippen LogP contribution < -0.4 is 5.73 Å². The van der Waals surface area contributed by atoms with E-state index in [1.54, 1.807) is 0 Å². The minimum absolute atomic E-state index is 0.201. The quantitative estimate of drug-likeness (QED) is 0.626. The Morgan fingerprint density at radius 2 is 1.93 bits per heavy atom. The lowest BCUT2D eigenvalue weighted by Crippen LogP contribution is -2.38. The van der Waals surface area contributed by atoms with Gasteiger partial charge in [0.05, 0.1) is 6.61 Å². The number of rotatable bonds is 8. The molecule has 0 aromatic carbocycles. The Hall–Kier alpha value is -0.120. The van der Waals surface area contributed by atoms with Crippen LogP contribution in [0.25, 0.3) is 0 Å². The lowest BCUT2D eigenvalue weighted by Gasteiger charge is -2.28. The Bertz CT molecular complexity index is 158. The van der Waals surface area contributed by atoms with Crippen LogP contribution in [0.2, 0.25) is 0 Å². The van der Waals surface area contributed by atoms with Gasteiger partial charge in [0.1, 0.15) is 0 Å². The first-order valence-corrected chi connectivity index (χ1v) is 5.84. The normalized spacial score (nSPS) is 12.8. The molecule has 0 rings (SSSR count). The summed E-state index contributed by atoms with van der Waals surface area (Å²) in [6.07, 6.45) is 0. The molecular formula is C12H28N2O. The van der Waals surface area contributed by atoms with Gasteiger partial charge in [0.25, 0.3) is 0 Å². The van der Waals surface area contributed by atoms with Crippen LogP contribution >= 0.6 is 0 Å². The van der Waals surface area contributed by atoms with E-state index in [1.807, 2.05) is 0 Å². The molecule has 0 heterocycles. The molecule has 0 aromatic rings. The van der Waals surface area contributed by atoms with E-state index >= 15 is 0 Å². The summed E-state index contributed by atoms with van der Waals surface area (Å²) < 4.78 is 5.54. The van der Waals surface area contributed by atoms with E-state index in [1.165, 1.54) is 0 Å². The van der Waals surface area contributed by atoms with E-state index < -0.39 is 0 Å². The highest BCUT2D eigenvalue weighted by molar-refractivity contribution is 4.72. The van der Waals surface area contributed by atoms with Crippen molar-refractivity contribution in [2.75, 3.05) is 39.9 Å². The maximum Gasteiger partial charge on any atom is 0.0593 e. The maximum atomic E-state index is 5.69. The molecule has 2 N–H and O–H groups in total. The number of nitrogens with zero attached hydrogens (tertiary/aromatic N) is 1. The van der Waals surface area contributed by atoms with Gasteiger partial charge in [-0.15, -0.1) is 0 Å². The van der Waals surface area contributed by atoms with Gasteiger partial charge in [-0.2, -0.15) is 0 Å². The van der Waals surface area contributed by atoms with Crippen LogP contribution in [-0.4, -0.2) is 44.8 Å². The molecule has 0 aromatic heterocycles. The second kappa shape index (κ2) is 7.20.